The molecule has 0 spiro atoms. The fourth-order valence-corrected chi connectivity index (χ4v) is 5.64. The number of rotatable bonds is 6. The van der Waals surface area contributed by atoms with Crippen LogP contribution in [0, 0.1) is 0 Å². The van der Waals surface area contributed by atoms with E-state index in [-0.39, 0.29) is 17.2 Å². The number of halogens is 1. The minimum atomic E-state index is -0.130. The Bertz CT molecular complexity index is 1230. The third kappa shape index (κ3) is 4.40. The van der Waals surface area contributed by atoms with Crippen molar-refractivity contribution in [3.8, 4) is 10.4 Å². The van der Waals surface area contributed by atoms with E-state index >= 15 is 0 Å². The summed E-state index contributed by atoms with van der Waals surface area (Å²) in [7, 11) is 1.69. The number of amides is 1. The topological polar surface area (TPSA) is 64.0 Å². The van der Waals surface area contributed by atoms with Crippen molar-refractivity contribution in [2.75, 3.05) is 5.75 Å². The highest BCUT2D eigenvalue weighted by Crippen LogP contribution is 2.34. The van der Waals surface area contributed by atoms with Gasteiger partial charge >= 0.3 is 0 Å². The van der Waals surface area contributed by atoms with Crippen molar-refractivity contribution >= 4 is 62.2 Å². The van der Waals surface area contributed by atoms with Crippen LogP contribution in [0.15, 0.2) is 57.1 Å². The monoisotopic (exact) mass is 461 g/mol. The molecule has 4 aromatic rings. The number of fused-ring (bicyclic) bond motifs is 1. The fraction of sp³-hybridized carbons (Fsp3) is 0.150. The van der Waals surface area contributed by atoms with Crippen molar-refractivity contribution in [3.05, 3.63) is 68.1 Å². The van der Waals surface area contributed by atoms with Gasteiger partial charge in [0.25, 0.3) is 5.56 Å². The van der Waals surface area contributed by atoms with Crippen LogP contribution in [0.2, 0.25) is 5.02 Å². The van der Waals surface area contributed by atoms with Crippen molar-refractivity contribution in [3.63, 3.8) is 0 Å². The predicted molar refractivity (Wildman–Crippen MR) is 122 cm³/mol. The van der Waals surface area contributed by atoms with Crippen LogP contribution in [0.1, 0.15) is 5.56 Å². The van der Waals surface area contributed by atoms with Crippen LogP contribution in [-0.4, -0.2) is 21.2 Å². The first kappa shape index (κ1) is 20.2. The molecule has 0 unspecified atom stereocenters. The molecule has 0 radical (unpaired) electrons. The second kappa shape index (κ2) is 8.71. The molecular formula is C20H16ClN3O2S3. The molecule has 0 fully saturated rings. The third-order valence-corrected chi connectivity index (χ3v) is 7.31. The summed E-state index contributed by atoms with van der Waals surface area (Å²) in [5.41, 5.74) is 1.76. The Kier molecular flexibility index (Phi) is 6.05. The summed E-state index contributed by atoms with van der Waals surface area (Å²) in [6.07, 6.45) is 0. The standard InChI is InChI=1S/C20H16ClN3O2S3/c1-24-19(26)17-14(15-6-3-7-27-15)10-28-18(17)23-20(24)29-11-16(25)22-9-12-4-2-5-13(21)8-12/h2-8,10H,9,11H2,1H3,(H,22,25). The van der Waals surface area contributed by atoms with Gasteiger partial charge in [0, 0.05) is 34.4 Å². The van der Waals surface area contributed by atoms with E-state index in [1.54, 1.807) is 24.5 Å². The highest BCUT2D eigenvalue weighted by molar-refractivity contribution is 7.99. The van der Waals surface area contributed by atoms with Crippen LogP contribution >= 0.6 is 46.0 Å². The molecule has 0 saturated heterocycles. The average molecular weight is 462 g/mol. The Balaban J connectivity index is 1.48. The highest BCUT2D eigenvalue weighted by Gasteiger charge is 2.17. The Hall–Kier alpha value is -2.13. The Morgan fingerprint density at radius 3 is 2.90 bits per heavy atom. The number of thiophene rings is 2. The van der Waals surface area contributed by atoms with Crippen LogP contribution in [0.4, 0.5) is 0 Å². The van der Waals surface area contributed by atoms with Crippen molar-refractivity contribution in [2.45, 2.75) is 11.7 Å². The maximum atomic E-state index is 12.9. The van der Waals surface area contributed by atoms with E-state index in [9.17, 15) is 9.59 Å². The van der Waals surface area contributed by atoms with Crippen LogP contribution in [0.5, 0.6) is 0 Å². The van der Waals surface area contributed by atoms with Gasteiger partial charge in [0.05, 0.1) is 11.1 Å². The van der Waals surface area contributed by atoms with Gasteiger partial charge in [-0.2, -0.15) is 0 Å². The van der Waals surface area contributed by atoms with Gasteiger partial charge in [0.2, 0.25) is 5.91 Å². The molecule has 9 heteroatoms. The lowest BCUT2D eigenvalue weighted by atomic mass is 10.2. The van der Waals surface area contributed by atoms with Crippen LogP contribution < -0.4 is 10.9 Å². The number of benzene rings is 1. The smallest absolute Gasteiger partial charge is 0.263 e. The fourth-order valence-electron chi connectivity index (χ4n) is 2.82. The van der Waals surface area contributed by atoms with Gasteiger partial charge in [-0.15, -0.1) is 22.7 Å². The maximum absolute atomic E-state index is 12.9. The molecule has 5 nitrogen and oxygen atoms in total. The van der Waals surface area contributed by atoms with E-state index in [1.807, 2.05) is 41.1 Å². The SMILES string of the molecule is Cn1c(SCC(=O)NCc2cccc(Cl)c2)nc2scc(-c3cccs3)c2c1=O. The van der Waals surface area contributed by atoms with Crippen molar-refractivity contribution in [1.29, 1.82) is 0 Å². The summed E-state index contributed by atoms with van der Waals surface area (Å²) in [6.45, 7) is 0.403. The Morgan fingerprint density at radius 1 is 1.28 bits per heavy atom. The number of hydrogen-bond acceptors (Lipinski definition) is 6. The first-order valence-corrected chi connectivity index (χ1v) is 11.8. The number of nitrogens with zero attached hydrogens (tertiary/aromatic N) is 2. The molecule has 148 valence electrons. The summed E-state index contributed by atoms with van der Waals surface area (Å²) >= 11 is 10.3. The summed E-state index contributed by atoms with van der Waals surface area (Å²) in [6, 6.07) is 11.3. The van der Waals surface area contributed by atoms with E-state index < -0.39 is 0 Å². The normalized spacial score (nSPS) is 11.1. The van der Waals surface area contributed by atoms with Gasteiger partial charge < -0.3 is 5.32 Å². The van der Waals surface area contributed by atoms with Gasteiger partial charge in [-0.25, -0.2) is 4.98 Å². The minimum absolute atomic E-state index is 0.0958. The van der Waals surface area contributed by atoms with Gasteiger partial charge in [-0.05, 0) is 29.1 Å². The van der Waals surface area contributed by atoms with Crippen LogP contribution in [0.25, 0.3) is 20.7 Å². The summed E-state index contributed by atoms with van der Waals surface area (Å²) in [5, 5.41) is 8.62. The predicted octanol–water partition coefficient (Wildman–Crippen LogP) is 4.79. The van der Waals surface area contributed by atoms with Crippen molar-refractivity contribution in [1.82, 2.24) is 14.9 Å². The van der Waals surface area contributed by atoms with Gasteiger partial charge in [-0.1, -0.05) is 41.6 Å². The van der Waals surface area contributed by atoms with E-state index in [2.05, 4.69) is 10.3 Å². The summed E-state index contributed by atoms with van der Waals surface area (Å²) in [5.74, 6) is 0.0463. The van der Waals surface area contributed by atoms with E-state index in [4.69, 9.17) is 11.6 Å². The lowest BCUT2D eigenvalue weighted by Gasteiger charge is -2.08. The van der Waals surface area contributed by atoms with Crippen molar-refractivity contribution in [2.24, 2.45) is 7.05 Å². The zero-order valence-corrected chi connectivity index (χ0v) is 18.6. The number of thioether (sulfide) groups is 1. The maximum Gasteiger partial charge on any atom is 0.263 e. The number of nitrogens with one attached hydrogen (secondary N) is 1. The molecule has 3 heterocycles. The first-order valence-electron chi connectivity index (χ1n) is 8.69. The van der Waals surface area contributed by atoms with Crippen LogP contribution in [-0.2, 0) is 18.4 Å². The zero-order chi connectivity index (χ0) is 20.4. The summed E-state index contributed by atoms with van der Waals surface area (Å²) in [4.78, 5) is 31.5. The molecule has 1 amide bonds. The number of carbonyl (C=O) groups excluding carboxylic acids is 1. The molecule has 0 bridgehead atoms. The van der Waals surface area contributed by atoms with E-state index in [0.29, 0.717) is 26.9 Å². The van der Waals surface area contributed by atoms with Gasteiger partial charge in [-0.3, -0.25) is 14.2 Å². The highest BCUT2D eigenvalue weighted by atomic mass is 35.5. The number of hydrogen-bond donors (Lipinski definition) is 1. The van der Waals surface area contributed by atoms with E-state index in [0.717, 1.165) is 16.0 Å². The Morgan fingerprint density at radius 2 is 2.14 bits per heavy atom. The van der Waals surface area contributed by atoms with Gasteiger partial charge in [0.15, 0.2) is 5.16 Å². The molecule has 0 atom stereocenters. The molecule has 0 aliphatic rings. The molecule has 1 aromatic carbocycles. The van der Waals surface area contributed by atoms with E-state index in [1.165, 1.54) is 27.7 Å². The number of aromatic nitrogens is 2. The molecule has 29 heavy (non-hydrogen) atoms. The molecule has 0 saturated carbocycles. The van der Waals surface area contributed by atoms with Crippen molar-refractivity contribution < 1.29 is 4.79 Å². The average Bonchev–Trinajstić information content (AvgIpc) is 3.37. The minimum Gasteiger partial charge on any atom is -0.351 e. The Labute approximate surface area is 184 Å². The summed E-state index contributed by atoms with van der Waals surface area (Å²) < 4.78 is 1.51. The molecule has 0 aliphatic heterocycles. The quantitative estimate of drug-likeness (QED) is 0.331. The molecule has 4 rings (SSSR count). The molecule has 0 aliphatic carbocycles. The second-order valence-corrected chi connectivity index (χ2v) is 9.45. The molecular weight excluding hydrogens is 446 g/mol. The lowest BCUT2D eigenvalue weighted by molar-refractivity contribution is -0.118. The molecule has 1 N–H and O–H groups in total. The molecule has 3 aromatic heterocycles. The first-order chi connectivity index (χ1) is 14.0. The zero-order valence-electron chi connectivity index (χ0n) is 15.3. The lowest BCUT2D eigenvalue weighted by Crippen LogP contribution is -2.25. The van der Waals surface area contributed by atoms with Gasteiger partial charge in [0.1, 0.15) is 4.83 Å². The third-order valence-electron chi connectivity index (χ3n) is 4.27. The number of carbonyl (C=O) groups is 1. The van der Waals surface area contributed by atoms with Crippen LogP contribution in [0.3, 0.4) is 0 Å². The second-order valence-electron chi connectivity index (χ2n) is 6.26. The largest absolute Gasteiger partial charge is 0.351 e.